The molecule has 0 aromatic carbocycles. The predicted molar refractivity (Wildman–Crippen MR) is 33.3 cm³/mol. The zero-order valence-corrected chi connectivity index (χ0v) is 6.48. The van der Waals surface area contributed by atoms with Crippen molar-refractivity contribution < 1.29 is 13.6 Å². The summed E-state index contributed by atoms with van der Waals surface area (Å²) in [5, 5.41) is 0. The van der Waals surface area contributed by atoms with E-state index in [1.54, 1.807) is 0 Å². The van der Waals surface area contributed by atoms with Gasteiger partial charge in [0.15, 0.2) is 0 Å². The van der Waals surface area contributed by atoms with E-state index >= 15 is 0 Å². The van der Waals surface area contributed by atoms with Gasteiger partial charge in [0.1, 0.15) is 13.2 Å². The number of rotatable bonds is 0. The highest BCUT2D eigenvalue weighted by Gasteiger charge is 2.36. The fourth-order valence-corrected chi connectivity index (χ4v) is 1.52. The summed E-state index contributed by atoms with van der Waals surface area (Å²) in [4.78, 5) is 0. The molecule has 0 aliphatic carbocycles. The molecule has 0 radical (unpaired) electrons. The van der Waals surface area contributed by atoms with E-state index in [0.29, 0.717) is 13.2 Å². The fourth-order valence-electron chi connectivity index (χ4n) is 0.534. The van der Waals surface area contributed by atoms with E-state index in [4.69, 9.17) is 9.05 Å². The number of hydrogen-bond acceptors (Lipinski definition) is 3. The Morgan fingerprint density at radius 3 is 2.11 bits per heavy atom. The molecule has 0 N–H and O–H groups in total. The molecule has 1 fully saturated rings. The van der Waals surface area contributed by atoms with Crippen LogP contribution in [0.25, 0.3) is 0 Å². The highest BCUT2D eigenvalue weighted by molar-refractivity contribution is 7.33. The molecule has 0 bridgehead atoms. The molecule has 0 aromatic heterocycles. The van der Waals surface area contributed by atoms with Gasteiger partial charge >= 0.3 is 8.25 Å². The van der Waals surface area contributed by atoms with Gasteiger partial charge in [-0.05, 0) is 0 Å². The Kier molecular flexibility index (Phi) is 1.85. The maximum Gasteiger partial charge on any atom is 0.697 e. The zero-order valence-electron chi connectivity index (χ0n) is 5.59. The van der Waals surface area contributed by atoms with Crippen LogP contribution in [0.1, 0.15) is 13.8 Å². The molecule has 0 aromatic rings. The lowest BCUT2D eigenvalue weighted by Crippen LogP contribution is -2.26. The summed E-state index contributed by atoms with van der Waals surface area (Å²) in [6.07, 6.45) is 0. The highest BCUT2D eigenvalue weighted by atomic mass is 31.1. The lowest BCUT2D eigenvalue weighted by molar-refractivity contribution is 0.0537. The second kappa shape index (κ2) is 2.33. The normalized spacial score (nSPS) is 26.2. The van der Waals surface area contributed by atoms with Crippen LogP contribution in [0.5, 0.6) is 0 Å². The van der Waals surface area contributed by atoms with Crippen LogP contribution in [-0.2, 0) is 13.6 Å². The van der Waals surface area contributed by atoms with Crippen LogP contribution < -0.4 is 0 Å². The third kappa shape index (κ3) is 2.01. The molecule has 52 valence electrons. The summed E-state index contributed by atoms with van der Waals surface area (Å²) in [7, 11) is -1.80. The minimum atomic E-state index is -1.80. The zero-order chi connectivity index (χ0) is 6.91. The first kappa shape index (κ1) is 7.13. The van der Waals surface area contributed by atoms with Crippen LogP contribution in [-0.4, -0.2) is 13.2 Å². The Labute approximate surface area is 55.3 Å². The number of hydrogen-bond donors (Lipinski definition) is 0. The second-order valence-corrected chi connectivity index (χ2v) is 3.90. The Balaban J connectivity index is 2.44. The molecule has 0 atom stereocenters. The van der Waals surface area contributed by atoms with Crippen molar-refractivity contribution in [3.63, 3.8) is 0 Å². The van der Waals surface area contributed by atoms with Gasteiger partial charge in [0.25, 0.3) is 0 Å². The molecule has 9 heavy (non-hydrogen) atoms. The quantitative estimate of drug-likeness (QED) is 0.492. The highest BCUT2D eigenvalue weighted by Crippen LogP contribution is 2.35. The Morgan fingerprint density at radius 1 is 1.33 bits per heavy atom. The van der Waals surface area contributed by atoms with E-state index in [1.165, 1.54) is 0 Å². The molecule has 1 aliphatic heterocycles. The minimum absolute atomic E-state index is 0.0310. The van der Waals surface area contributed by atoms with E-state index in [2.05, 4.69) is 0 Å². The third-order valence-electron chi connectivity index (χ3n) is 1.12. The fraction of sp³-hybridized carbons (Fsp3) is 1.00. The molecular formula is C5H10O3P+. The van der Waals surface area contributed by atoms with Crippen LogP contribution >= 0.6 is 8.25 Å². The smallest absolute Gasteiger partial charge is 0.118 e. The van der Waals surface area contributed by atoms with Gasteiger partial charge in [-0.3, -0.25) is 0 Å². The van der Waals surface area contributed by atoms with Crippen molar-refractivity contribution in [3.8, 4) is 0 Å². The monoisotopic (exact) mass is 149 g/mol. The molecule has 1 rings (SSSR count). The van der Waals surface area contributed by atoms with Gasteiger partial charge in [-0.25, -0.2) is 0 Å². The van der Waals surface area contributed by atoms with Crippen LogP contribution in [0, 0.1) is 5.41 Å². The first-order valence-electron chi connectivity index (χ1n) is 2.83. The van der Waals surface area contributed by atoms with E-state index in [0.717, 1.165) is 0 Å². The summed E-state index contributed by atoms with van der Waals surface area (Å²) >= 11 is 0. The van der Waals surface area contributed by atoms with Gasteiger partial charge in [-0.2, -0.15) is 0 Å². The van der Waals surface area contributed by atoms with Gasteiger partial charge < -0.3 is 0 Å². The van der Waals surface area contributed by atoms with Gasteiger partial charge in [0, 0.05) is 9.98 Å². The van der Waals surface area contributed by atoms with Gasteiger partial charge in [-0.1, -0.05) is 13.8 Å². The maximum atomic E-state index is 10.5. The summed E-state index contributed by atoms with van der Waals surface area (Å²) in [5.41, 5.74) is 0.0310. The molecule has 3 nitrogen and oxygen atoms in total. The van der Waals surface area contributed by atoms with Gasteiger partial charge in [0.05, 0.1) is 0 Å². The lowest BCUT2D eigenvalue weighted by Gasteiger charge is -2.20. The molecule has 1 heterocycles. The first-order chi connectivity index (χ1) is 4.10. The molecule has 1 saturated heterocycles. The van der Waals surface area contributed by atoms with E-state index in [9.17, 15) is 4.57 Å². The molecule has 0 unspecified atom stereocenters. The average Bonchev–Trinajstić information content (AvgIpc) is 1.78. The summed E-state index contributed by atoms with van der Waals surface area (Å²) in [6.45, 7) is 5.08. The summed E-state index contributed by atoms with van der Waals surface area (Å²) in [6, 6.07) is 0. The Bertz CT molecular complexity index is 120. The first-order valence-corrected chi connectivity index (χ1v) is 3.93. The molecule has 0 spiro atoms. The summed E-state index contributed by atoms with van der Waals surface area (Å²) in [5.74, 6) is 0. The maximum absolute atomic E-state index is 10.5. The molecular weight excluding hydrogens is 139 g/mol. The SMILES string of the molecule is CC1(C)CO[P+](=O)OC1. The topological polar surface area (TPSA) is 35.5 Å². The Morgan fingerprint density at radius 2 is 1.78 bits per heavy atom. The average molecular weight is 149 g/mol. The van der Waals surface area contributed by atoms with Crippen molar-refractivity contribution in [2.24, 2.45) is 5.41 Å². The van der Waals surface area contributed by atoms with Gasteiger partial charge in [0.2, 0.25) is 0 Å². The molecule has 0 saturated carbocycles. The van der Waals surface area contributed by atoms with Crippen molar-refractivity contribution >= 4 is 8.25 Å². The van der Waals surface area contributed by atoms with Crippen LogP contribution in [0.15, 0.2) is 0 Å². The van der Waals surface area contributed by atoms with Crippen molar-refractivity contribution in [1.29, 1.82) is 0 Å². The molecule has 4 heteroatoms. The van der Waals surface area contributed by atoms with E-state index in [-0.39, 0.29) is 5.41 Å². The largest absolute Gasteiger partial charge is 0.697 e. The van der Waals surface area contributed by atoms with Crippen molar-refractivity contribution in [1.82, 2.24) is 0 Å². The van der Waals surface area contributed by atoms with Crippen molar-refractivity contribution in [3.05, 3.63) is 0 Å². The van der Waals surface area contributed by atoms with Crippen molar-refractivity contribution in [2.75, 3.05) is 13.2 Å². The predicted octanol–water partition coefficient (Wildman–Crippen LogP) is 1.72. The van der Waals surface area contributed by atoms with Crippen molar-refractivity contribution in [2.45, 2.75) is 13.8 Å². The molecule has 1 aliphatic rings. The van der Waals surface area contributed by atoms with Crippen LogP contribution in [0.2, 0.25) is 0 Å². The Hall–Kier alpha value is 0.0200. The van der Waals surface area contributed by atoms with E-state index < -0.39 is 8.25 Å². The van der Waals surface area contributed by atoms with Gasteiger partial charge in [-0.15, -0.1) is 9.05 Å². The van der Waals surface area contributed by atoms with Crippen LogP contribution in [0.4, 0.5) is 0 Å². The second-order valence-electron chi connectivity index (χ2n) is 2.93. The molecule has 0 amide bonds. The minimum Gasteiger partial charge on any atom is -0.118 e. The van der Waals surface area contributed by atoms with E-state index in [1.807, 2.05) is 13.8 Å². The summed E-state index contributed by atoms with van der Waals surface area (Å²) < 4.78 is 20.0. The van der Waals surface area contributed by atoms with Crippen LogP contribution in [0.3, 0.4) is 0 Å². The standard InChI is InChI=1S/C5H10O3P/c1-5(2)3-7-9(6)8-4-5/h3-4H2,1-2H3/q+1. The lowest BCUT2D eigenvalue weighted by atomic mass is 9.97. The third-order valence-corrected chi connectivity index (χ3v) is 1.80.